The molecule has 2 aromatic carbocycles. The standard InChI is InChI=1S/C21H22N6O/c22-17-4-3-11-26(13-17)21-24-18-5-1-2-6-19(18)27(21)12-15-7-9-16(10-8-15)20-23-14-28-25-20/h1-2,5-10,14,17H,3-4,11-13,22H2. The van der Waals surface area contributed by atoms with E-state index in [0.29, 0.717) is 5.82 Å². The van der Waals surface area contributed by atoms with Crippen molar-refractivity contribution in [1.82, 2.24) is 19.7 Å². The fourth-order valence-electron chi connectivity index (χ4n) is 3.89. The van der Waals surface area contributed by atoms with Crippen molar-refractivity contribution >= 4 is 17.0 Å². The van der Waals surface area contributed by atoms with Gasteiger partial charge in [-0.15, -0.1) is 0 Å². The maximum absolute atomic E-state index is 6.22. The molecule has 0 aliphatic carbocycles. The zero-order valence-electron chi connectivity index (χ0n) is 15.5. The van der Waals surface area contributed by atoms with Gasteiger partial charge in [-0.25, -0.2) is 4.98 Å². The Hall–Kier alpha value is -3.19. The summed E-state index contributed by atoms with van der Waals surface area (Å²) in [5, 5.41) is 3.90. The Labute approximate surface area is 162 Å². The lowest BCUT2D eigenvalue weighted by Gasteiger charge is -2.32. The van der Waals surface area contributed by atoms with Crippen LogP contribution in [0.2, 0.25) is 0 Å². The van der Waals surface area contributed by atoms with Crippen molar-refractivity contribution in [3.8, 4) is 11.4 Å². The lowest BCUT2D eigenvalue weighted by Crippen LogP contribution is -2.44. The van der Waals surface area contributed by atoms with Gasteiger partial charge in [-0.05, 0) is 30.5 Å². The monoisotopic (exact) mass is 374 g/mol. The first-order chi connectivity index (χ1) is 13.8. The highest BCUT2D eigenvalue weighted by Gasteiger charge is 2.22. The third kappa shape index (κ3) is 3.14. The number of aromatic nitrogens is 4. The van der Waals surface area contributed by atoms with Gasteiger partial charge in [0, 0.05) is 24.7 Å². The minimum Gasteiger partial charge on any atom is -0.342 e. The normalized spacial score (nSPS) is 17.3. The van der Waals surface area contributed by atoms with E-state index in [-0.39, 0.29) is 6.04 Å². The molecule has 1 atom stereocenters. The van der Waals surface area contributed by atoms with E-state index >= 15 is 0 Å². The number of hydrogen-bond donors (Lipinski definition) is 1. The van der Waals surface area contributed by atoms with Gasteiger partial charge in [0.05, 0.1) is 17.6 Å². The van der Waals surface area contributed by atoms with Crippen molar-refractivity contribution in [1.29, 1.82) is 0 Å². The number of rotatable bonds is 4. The van der Waals surface area contributed by atoms with E-state index in [1.54, 1.807) is 0 Å². The smallest absolute Gasteiger partial charge is 0.214 e. The van der Waals surface area contributed by atoms with Crippen LogP contribution >= 0.6 is 0 Å². The number of para-hydroxylation sites is 2. The Balaban J connectivity index is 1.50. The van der Waals surface area contributed by atoms with E-state index in [2.05, 4.69) is 49.9 Å². The topological polar surface area (TPSA) is 86.0 Å². The molecule has 3 heterocycles. The molecule has 1 fully saturated rings. The van der Waals surface area contributed by atoms with Gasteiger partial charge in [0.1, 0.15) is 0 Å². The van der Waals surface area contributed by atoms with E-state index in [1.807, 2.05) is 18.2 Å². The Morgan fingerprint density at radius 1 is 1.11 bits per heavy atom. The zero-order chi connectivity index (χ0) is 18.9. The molecule has 142 valence electrons. The predicted molar refractivity (Wildman–Crippen MR) is 108 cm³/mol. The molecular weight excluding hydrogens is 352 g/mol. The van der Waals surface area contributed by atoms with Gasteiger partial charge in [-0.3, -0.25) is 0 Å². The second-order valence-electron chi connectivity index (χ2n) is 7.29. The lowest BCUT2D eigenvalue weighted by molar-refractivity contribution is 0.419. The maximum atomic E-state index is 6.22. The van der Waals surface area contributed by atoms with Gasteiger partial charge < -0.3 is 19.7 Å². The van der Waals surface area contributed by atoms with Crippen molar-refractivity contribution in [3.05, 3.63) is 60.5 Å². The molecule has 0 amide bonds. The molecule has 0 radical (unpaired) electrons. The second kappa shape index (κ2) is 7.09. The Kier molecular flexibility index (Phi) is 4.29. The van der Waals surface area contributed by atoms with Crippen LogP contribution in [0.3, 0.4) is 0 Å². The summed E-state index contributed by atoms with van der Waals surface area (Å²) in [6.07, 6.45) is 3.52. The van der Waals surface area contributed by atoms with Crippen LogP contribution in [-0.2, 0) is 6.54 Å². The number of nitrogens with two attached hydrogens (primary N) is 1. The van der Waals surface area contributed by atoms with Crippen LogP contribution in [-0.4, -0.2) is 38.8 Å². The third-order valence-corrected chi connectivity index (χ3v) is 5.29. The van der Waals surface area contributed by atoms with Crippen LogP contribution in [0.25, 0.3) is 22.4 Å². The van der Waals surface area contributed by atoms with Crippen LogP contribution in [0.15, 0.2) is 59.4 Å². The highest BCUT2D eigenvalue weighted by atomic mass is 16.5. The van der Waals surface area contributed by atoms with Gasteiger partial charge >= 0.3 is 0 Å². The number of anilines is 1. The van der Waals surface area contributed by atoms with Crippen molar-refractivity contribution in [2.45, 2.75) is 25.4 Å². The molecule has 4 aromatic rings. The molecule has 1 aliphatic rings. The highest BCUT2D eigenvalue weighted by molar-refractivity contribution is 5.79. The minimum atomic E-state index is 0.205. The predicted octanol–water partition coefficient (Wildman–Crippen LogP) is 3.06. The molecule has 2 N–H and O–H groups in total. The summed E-state index contributed by atoms with van der Waals surface area (Å²) in [5.74, 6) is 1.60. The molecule has 2 aromatic heterocycles. The fourth-order valence-corrected chi connectivity index (χ4v) is 3.89. The van der Waals surface area contributed by atoms with Crippen molar-refractivity contribution in [3.63, 3.8) is 0 Å². The summed E-state index contributed by atoms with van der Waals surface area (Å²) in [7, 11) is 0. The molecule has 5 rings (SSSR count). The first-order valence-electron chi connectivity index (χ1n) is 9.59. The number of imidazole rings is 1. The summed E-state index contributed by atoms with van der Waals surface area (Å²) in [5.41, 5.74) is 10.5. The summed E-state index contributed by atoms with van der Waals surface area (Å²) in [4.78, 5) is 11.4. The van der Waals surface area contributed by atoms with Gasteiger partial charge in [0.25, 0.3) is 0 Å². The number of nitrogens with zero attached hydrogens (tertiary/aromatic N) is 5. The van der Waals surface area contributed by atoms with E-state index in [1.165, 1.54) is 12.0 Å². The molecule has 1 aliphatic heterocycles. The van der Waals surface area contributed by atoms with Crippen molar-refractivity contribution in [2.75, 3.05) is 18.0 Å². The molecule has 0 spiro atoms. The molecular formula is C21H22N6O. The van der Waals surface area contributed by atoms with Crippen LogP contribution in [0.1, 0.15) is 18.4 Å². The Bertz CT molecular complexity index is 1070. The number of benzene rings is 2. The van der Waals surface area contributed by atoms with Crippen molar-refractivity contribution < 1.29 is 4.52 Å². The Morgan fingerprint density at radius 2 is 1.96 bits per heavy atom. The van der Waals surface area contributed by atoms with Gasteiger partial charge in [0.15, 0.2) is 0 Å². The van der Waals surface area contributed by atoms with E-state index in [4.69, 9.17) is 15.2 Å². The lowest BCUT2D eigenvalue weighted by atomic mass is 10.1. The second-order valence-corrected chi connectivity index (χ2v) is 7.29. The average molecular weight is 374 g/mol. The fraction of sp³-hybridized carbons (Fsp3) is 0.286. The number of hydrogen-bond acceptors (Lipinski definition) is 6. The van der Waals surface area contributed by atoms with E-state index in [9.17, 15) is 0 Å². The molecule has 1 saturated heterocycles. The minimum absolute atomic E-state index is 0.205. The molecule has 28 heavy (non-hydrogen) atoms. The van der Waals surface area contributed by atoms with Crippen LogP contribution in [0, 0.1) is 0 Å². The molecule has 7 nitrogen and oxygen atoms in total. The maximum Gasteiger partial charge on any atom is 0.214 e. The van der Waals surface area contributed by atoms with Crippen LogP contribution in [0.4, 0.5) is 5.95 Å². The summed E-state index contributed by atoms with van der Waals surface area (Å²) < 4.78 is 7.12. The van der Waals surface area contributed by atoms with Gasteiger partial charge in [-0.1, -0.05) is 41.6 Å². The summed E-state index contributed by atoms with van der Waals surface area (Å²) >= 11 is 0. The van der Waals surface area contributed by atoms with Gasteiger partial charge in [-0.2, -0.15) is 4.98 Å². The average Bonchev–Trinajstić information content (AvgIpc) is 3.38. The number of piperidine rings is 1. The summed E-state index contributed by atoms with van der Waals surface area (Å²) in [6.45, 7) is 2.59. The first-order valence-corrected chi connectivity index (χ1v) is 9.59. The SMILES string of the molecule is NC1CCCN(c2nc3ccccc3n2Cc2ccc(-c3ncon3)cc2)C1. The van der Waals surface area contributed by atoms with Crippen LogP contribution in [0.5, 0.6) is 0 Å². The molecule has 1 unspecified atom stereocenters. The highest BCUT2D eigenvalue weighted by Crippen LogP contribution is 2.26. The van der Waals surface area contributed by atoms with E-state index in [0.717, 1.165) is 55.0 Å². The Morgan fingerprint density at radius 3 is 2.75 bits per heavy atom. The third-order valence-electron chi connectivity index (χ3n) is 5.29. The molecule has 0 saturated carbocycles. The van der Waals surface area contributed by atoms with Gasteiger partial charge in [0.2, 0.25) is 18.2 Å². The molecule has 7 heteroatoms. The van der Waals surface area contributed by atoms with E-state index < -0.39 is 0 Å². The largest absolute Gasteiger partial charge is 0.342 e. The summed E-state index contributed by atoms with van der Waals surface area (Å²) in [6, 6.07) is 16.7. The van der Waals surface area contributed by atoms with Crippen LogP contribution < -0.4 is 10.6 Å². The quantitative estimate of drug-likeness (QED) is 0.591. The molecule has 0 bridgehead atoms. The van der Waals surface area contributed by atoms with Crippen molar-refractivity contribution in [2.24, 2.45) is 5.73 Å². The first kappa shape index (κ1) is 16.9. The number of fused-ring (bicyclic) bond motifs is 1. The zero-order valence-corrected chi connectivity index (χ0v) is 15.5.